The molecule has 0 aliphatic heterocycles. The molecule has 2 heterocycles. The van der Waals surface area contributed by atoms with Crippen LogP contribution in [0, 0.1) is 6.92 Å². The van der Waals surface area contributed by atoms with Crippen LogP contribution in [0.25, 0.3) is 0 Å². The number of nitrogens with zero attached hydrogens (tertiary/aromatic N) is 2. The van der Waals surface area contributed by atoms with Crippen molar-refractivity contribution in [2.24, 2.45) is 0 Å². The van der Waals surface area contributed by atoms with Crippen LogP contribution in [0.5, 0.6) is 0 Å². The molecule has 0 atom stereocenters. The zero-order valence-corrected chi connectivity index (χ0v) is 11.0. The zero-order chi connectivity index (χ0) is 15.5. The van der Waals surface area contributed by atoms with E-state index in [0.29, 0.717) is 5.56 Å². The summed E-state index contributed by atoms with van der Waals surface area (Å²) in [7, 11) is 0. The number of halogens is 3. The van der Waals surface area contributed by atoms with Crippen molar-refractivity contribution in [1.29, 1.82) is 0 Å². The number of ether oxygens (including phenoxy) is 1. The second kappa shape index (κ2) is 5.90. The van der Waals surface area contributed by atoms with Crippen molar-refractivity contribution in [3.8, 4) is 0 Å². The first-order valence-corrected chi connectivity index (χ1v) is 5.99. The SMILES string of the molecule is Cc1ccc(COC(=O)c2cccnc2C(F)(F)F)cn1. The second-order valence-electron chi connectivity index (χ2n) is 4.28. The Balaban J connectivity index is 2.12. The maximum atomic E-state index is 12.7. The number of alkyl halides is 3. The number of esters is 1. The first-order valence-electron chi connectivity index (χ1n) is 5.99. The molecule has 4 nitrogen and oxygen atoms in total. The summed E-state index contributed by atoms with van der Waals surface area (Å²) in [6.07, 6.45) is -2.24. The van der Waals surface area contributed by atoms with Gasteiger partial charge in [0, 0.05) is 23.7 Å². The minimum Gasteiger partial charge on any atom is -0.457 e. The van der Waals surface area contributed by atoms with Crippen LogP contribution in [0.1, 0.15) is 27.3 Å². The van der Waals surface area contributed by atoms with Gasteiger partial charge in [0.1, 0.15) is 6.61 Å². The third-order valence-electron chi connectivity index (χ3n) is 2.64. The molecule has 0 aromatic carbocycles. The van der Waals surface area contributed by atoms with Crippen LogP contribution in [-0.2, 0) is 17.5 Å². The Hall–Kier alpha value is -2.44. The molecule has 0 fully saturated rings. The molecule has 2 aromatic rings. The van der Waals surface area contributed by atoms with Crippen molar-refractivity contribution >= 4 is 5.97 Å². The highest BCUT2D eigenvalue weighted by molar-refractivity contribution is 5.90. The maximum Gasteiger partial charge on any atom is 0.434 e. The molecule has 0 N–H and O–H groups in total. The number of hydrogen-bond acceptors (Lipinski definition) is 4. The van der Waals surface area contributed by atoms with Crippen LogP contribution in [0.2, 0.25) is 0 Å². The number of aromatic nitrogens is 2. The summed E-state index contributed by atoms with van der Waals surface area (Å²) in [6, 6.07) is 5.68. The molecular weight excluding hydrogens is 285 g/mol. The van der Waals surface area contributed by atoms with E-state index < -0.39 is 23.4 Å². The van der Waals surface area contributed by atoms with Gasteiger partial charge in [-0.05, 0) is 25.1 Å². The predicted molar refractivity (Wildman–Crippen MR) is 67.3 cm³/mol. The molecule has 21 heavy (non-hydrogen) atoms. The minimum absolute atomic E-state index is 0.154. The van der Waals surface area contributed by atoms with E-state index in [0.717, 1.165) is 18.0 Å². The van der Waals surface area contributed by atoms with Gasteiger partial charge in [-0.2, -0.15) is 13.2 Å². The zero-order valence-electron chi connectivity index (χ0n) is 11.0. The van der Waals surface area contributed by atoms with E-state index >= 15 is 0 Å². The van der Waals surface area contributed by atoms with Crippen LogP contribution in [0.15, 0.2) is 36.7 Å². The van der Waals surface area contributed by atoms with Gasteiger partial charge in [0.2, 0.25) is 0 Å². The lowest BCUT2D eigenvalue weighted by molar-refractivity contribution is -0.141. The van der Waals surface area contributed by atoms with Crippen LogP contribution >= 0.6 is 0 Å². The highest BCUT2D eigenvalue weighted by Crippen LogP contribution is 2.30. The van der Waals surface area contributed by atoms with E-state index in [1.165, 1.54) is 12.3 Å². The Morgan fingerprint density at radius 2 is 2.00 bits per heavy atom. The van der Waals surface area contributed by atoms with Gasteiger partial charge >= 0.3 is 12.1 Å². The molecular formula is C14H11F3N2O2. The van der Waals surface area contributed by atoms with Crippen LogP contribution in [-0.4, -0.2) is 15.9 Å². The Kier molecular flexibility index (Phi) is 4.21. The lowest BCUT2D eigenvalue weighted by Crippen LogP contribution is -2.16. The highest BCUT2D eigenvalue weighted by atomic mass is 19.4. The average molecular weight is 296 g/mol. The van der Waals surface area contributed by atoms with Gasteiger partial charge in [0.25, 0.3) is 0 Å². The first kappa shape index (κ1) is 15.0. The fraction of sp³-hybridized carbons (Fsp3) is 0.214. The third kappa shape index (κ3) is 3.77. The van der Waals surface area contributed by atoms with E-state index in [1.54, 1.807) is 19.1 Å². The van der Waals surface area contributed by atoms with E-state index in [2.05, 4.69) is 9.97 Å². The molecule has 0 saturated heterocycles. The Labute approximate surface area is 118 Å². The molecule has 0 amide bonds. The Morgan fingerprint density at radius 1 is 1.24 bits per heavy atom. The van der Waals surface area contributed by atoms with Crippen molar-refractivity contribution < 1.29 is 22.7 Å². The van der Waals surface area contributed by atoms with Crippen molar-refractivity contribution in [3.63, 3.8) is 0 Å². The average Bonchev–Trinajstić information content (AvgIpc) is 2.45. The van der Waals surface area contributed by atoms with Gasteiger partial charge in [0.15, 0.2) is 5.69 Å². The third-order valence-corrected chi connectivity index (χ3v) is 2.64. The molecule has 0 bridgehead atoms. The van der Waals surface area contributed by atoms with E-state index in [4.69, 9.17) is 4.74 Å². The topological polar surface area (TPSA) is 52.1 Å². The molecule has 2 rings (SSSR count). The van der Waals surface area contributed by atoms with Crippen LogP contribution in [0.3, 0.4) is 0 Å². The second-order valence-corrected chi connectivity index (χ2v) is 4.28. The van der Waals surface area contributed by atoms with Gasteiger partial charge in [0.05, 0.1) is 5.56 Å². The van der Waals surface area contributed by atoms with Crippen molar-refractivity contribution in [1.82, 2.24) is 9.97 Å². The molecule has 0 spiro atoms. The Bertz CT molecular complexity index is 639. The van der Waals surface area contributed by atoms with Gasteiger partial charge in [-0.1, -0.05) is 6.07 Å². The molecule has 0 aliphatic rings. The van der Waals surface area contributed by atoms with Crippen LogP contribution < -0.4 is 0 Å². The molecule has 0 unspecified atom stereocenters. The van der Waals surface area contributed by atoms with Crippen molar-refractivity contribution in [3.05, 3.63) is 59.2 Å². The van der Waals surface area contributed by atoms with E-state index in [9.17, 15) is 18.0 Å². The number of aryl methyl sites for hydroxylation is 1. The monoisotopic (exact) mass is 296 g/mol. The largest absolute Gasteiger partial charge is 0.457 e. The summed E-state index contributed by atoms with van der Waals surface area (Å²) in [5.74, 6) is -1.07. The molecule has 110 valence electrons. The fourth-order valence-electron chi connectivity index (χ4n) is 1.61. The van der Waals surface area contributed by atoms with Crippen molar-refractivity contribution in [2.75, 3.05) is 0 Å². The summed E-state index contributed by atoms with van der Waals surface area (Å²) in [5, 5.41) is 0. The van der Waals surface area contributed by atoms with Gasteiger partial charge in [-0.3, -0.25) is 9.97 Å². The lowest BCUT2D eigenvalue weighted by Gasteiger charge is -2.11. The summed E-state index contributed by atoms with van der Waals surface area (Å²) in [4.78, 5) is 19.0. The number of hydrogen-bond donors (Lipinski definition) is 0. The molecule has 2 aromatic heterocycles. The summed E-state index contributed by atoms with van der Waals surface area (Å²) >= 11 is 0. The van der Waals surface area contributed by atoms with Gasteiger partial charge < -0.3 is 4.74 Å². The van der Waals surface area contributed by atoms with Crippen LogP contribution in [0.4, 0.5) is 13.2 Å². The number of pyridine rings is 2. The predicted octanol–water partition coefficient (Wildman–Crippen LogP) is 3.16. The number of carbonyl (C=O) groups excluding carboxylic acids is 1. The highest BCUT2D eigenvalue weighted by Gasteiger charge is 2.37. The van der Waals surface area contributed by atoms with E-state index in [1.807, 2.05) is 0 Å². The summed E-state index contributed by atoms with van der Waals surface area (Å²) in [6.45, 7) is 1.64. The van der Waals surface area contributed by atoms with Crippen molar-refractivity contribution in [2.45, 2.75) is 19.7 Å². The molecule has 0 saturated carbocycles. The minimum atomic E-state index is -4.71. The molecule has 0 aliphatic carbocycles. The molecule has 7 heteroatoms. The van der Waals surface area contributed by atoms with Gasteiger partial charge in [-0.15, -0.1) is 0 Å². The quantitative estimate of drug-likeness (QED) is 0.816. The number of carbonyl (C=O) groups is 1. The van der Waals surface area contributed by atoms with Gasteiger partial charge in [-0.25, -0.2) is 4.79 Å². The normalized spacial score (nSPS) is 11.2. The van der Waals surface area contributed by atoms with E-state index in [-0.39, 0.29) is 6.61 Å². The fourth-order valence-corrected chi connectivity index (χ4v) is 1.61. The Morgan fingerprint density at radius 3 is 2.62 bits per heavy atom. The smallest absolute Gasteiger partial charge is 0.434 e. The standard InChI is InChI=1S/C14H11F3N2O2/c1-9-4-5-10(7-19-9)8-21-13(20)11-3-2-6-18-12(11)14(15,16)17/h2-7H,8H2,1H3. The lowest BCUT2D eigenvalue weighted by atomic mass is 10.2. The maximum absolute atomic E-state index is 12.7. The summed E-state index contributed by atoms with van der Waals surface area (Å²) < 4.78 is 43.1. The summed E-state index contributed by atoms with van der Waals surface area (Å²) in [5.41, 5.74) is -0.481. The first-order chi connectivity index (χ1) is 9.88. The number of rotatable bonds is 3. The molecule has 0 radical (unpaired) electrons.